The Bertz CT molecular complexity index is 879. The van der Waals surface area contributed by atoms with Crippen LogP contribution in [0.2, 0.25) is 10.0 Å². The average molecular weight is 417 g/mol. The Morgan fingerprint density at radius 3 is 2.64 bits per heavy atom. The van der Waals surface area contributed by atoms with Gasteiger partial charge in [-0.15, -0.1) is 0 Å². The maximum absolute atomic E-state index is 13.9. The second-order valence-corrected chi connectivity index (χ2v) is 8.72. The van der Waals surface area contributed by atoms with Gasteiger partial charge in [0.2, 0.25) is 0 Å². The third kappa shape index (κ3) is 3.50. The van der Waals surface area contributed by atoms with E-state index >= 15 is 0 Å². The van der Waals surface area contributed by atoms with Crippen molar-refractivity contribution in [3.63, 3.8) is 0 Å². The van der Waals surface area contributed by atoms with Crippen molar-refractivity contribution in [3.05, 3.63) is 69.2 Å². The molecule has 2 aromatic carbocycles. The molecule has 0 aliphatic carbocycles. The minimum Gasteiger partial charge on any atom is -0.300 e. The maximum atomic E-state index is 13.9. The van der Waals surface area contributed by atoms with Gasteiger partial charge in [0.1, 0.15) is 5.54 Å². The topological polar surface area (TPSA) is 32.3 Å². The largest absolute Gasteiger partial charge is 0.300 e. The molecule has 2 aliphatic rings. The highest BCUT2D eigenvalue weighted by atomic mass is 35.5. The van der Waals surface area contributed by atoms with Crippen LogP contribution in [0.1, 0.15) is 36.5 Å². The SMILES string of the molecule is CC(N1CCCC1)C1(C(=O)Cc2ccc(Cl)c(Cl)c2)NCCc2ccccc21. The van der Waals surface area contributed by atoms with Crippen molar-refractivity contribution in [2.24, 2.45) is 0 Å². The lowest BCUT2D eigenvalue weighted by atomic mass is 9.72. The number of hydrogen-bond donors (Lipinski definition) is 1. The summed E-state index contributed by atoms with van der Waals surface area (Å²) in [5.74, 6) is 0.192. The third-order valence-electron chi connectivity index (χ3n) is 6.34. The molecule has 3 nitrogen and oxygen atoms in total. The van der Waals surface area contributed by atoms with Gasteiger partial charge in [-0.3, -0.25) is 15.0 Å². The minimum absolute atomic E-state index is 0.0896. The van der Waals surface area contributed by atoms with E-state index < -0.39 is 5.54 Å². The fourth-order valence-electron chi connectivity index (χ4n) is 4.84. The van der Waals surface area contributed by atoms with Crippen molar-refractivity contribution in [1.29, 1.82) is 0 Å². The molecule has 148 valence electrons. The predicted molar refractivity (Wildman–Crippen MR) is 115 cm³/mol. The smallest absolute Gasteiger partial charge is 0.163 e. The minimum atomic E-state index is -0.703. The summed E-state index contributed by atoms with van der Waals surface area (Å²) in [6, 6.07) is 14.0. The molecule has 4 rings (SSSR count). The van der Waals surface area contributed by atoms with Crippen LogP contribution >= 0.6 is 23.2 Å². The Kier molecular flexibility index (Phi) is 5.80. The number of nitrogens with zero attached hydrogens (tertiary/aromatic N) is 1. The Morgan fingerprint density at radius 2 is 1.89 bits per heavy atom. The number of fused-ring (bicyclic) bond motifs is 1. The second kappa shape index (κ2) is 8.16. The fraction of sp³-hybridized carbons (Fsp3) is 0.435. The standard InChI is InChI=1S/C23H26Cl2N2O/c1-16(27-12-4-5-13-27)23(19-7-3-2-6-18(19)10-11-26-23)22(28)15-17-8-9-20(24)21(25)14-17/h2-3,6-9,14,16,26H,4-5,10-13,15H2,1H3. The zero-order valence-electron chi connectivity index (χ0n) is 16.2. The number of carbonyl (C=O) groups is 1. The van der Waals surface area contributed by atoms with E-state index in [4.69, 9.17) is 23.2 Å². The zero-order valence-corrected chi connectivity index (χ0v) is 17.7. The first-order valence-electron chi connectivity index (χ1n) is 10.1. The van der Waals surface area contributed by atoms with Crippen molar-refractivity contribution in [3.8, 4) is 0 Å². The summed E-state index contributed by atoms with van der Waals surface area (Å²) < 4.78 is 0. The van der Waals surface area contributed by atoms with E-state index in [0.717, 1.165) is 37.2 Å². The first kappa shape index (κ1) is 19.9. The summed E-state index contributed by atoms with van der Waals surface area (Å²) in [5.41, 5.74) is 2.60. The van der Waals surface area contributed by atoms with E-state index in [9.17, 15) is 4.79 Å². The lowest BCUT2D eigenvalue weighted by Gasteiger charge is -2.46. The van der Waals surface area contributed by atoms with Crippen LogP contribution in [0.5, 0.6) is 0 Å². The predicted octanol–water partition coefficient (Wildman–Crippen LogP) is 4.63. The molecule has 0 amide bonds. The number of hydrogen-bond acceptors (Lipinski definition) is 3. The molecule has 2 unspecified atom stereocenters. The van der Waals surface area contributed by atoms with Gasteiger partial charge in [-0.1, -0.05) is 53.5 Å². The quantitative estimate of drug-likeness (QED) is 0.770. The first-order chi connectivity index (χ1) is 13.5. The van der Waals surface area contributed by atoms with Crippen molar-refractivity contribution in [2.45, 2.75) is 44.2 Å². The summed E-state index contributed by atoms with van der Waals surface area (Å²) >= 11 is 12.3. The number of Topliss-reactive ketones (excluding diaryl/α,β-unsaturated/α-hetero) is 1. The lowest BCUT2D eigenvalue weighted by Crippen LogP contribution is -2.64. The second-order valence-electron chi connectivity index (χ2n) is 7.91. The van der Waals surface area contributed by atoms with Crippen LogP contribution in [0.25, 0.3) is 0 Å². The van der Waals surface area contributed by atoms with Crippen molar-refractivity contribution >= 4 is 29.0 Å². The molecule has 0 saturated carbocycles. The van der Waals surface area contributed by atoms with Crippen LogP contribution in [-0.4, -0.2) is 36.4 Å². The maximum Gasteiger partial charge on any atom is 0.163 e. The van der Waals surface area contributed by atoms with Gasteiger partial charge in [-0.05, 0) is 68.1 Å². The number of rotatable bonds is 5. The number of likely N-dealkylation sites (tertiary alicyclic amines) is 1. The molecule has 0 aromatic heterocycles. The number of carbonyl (C=O) groups excluding carboxylic acids is 1. The highest BCUT2D eigenvalue weighted by molar-refractivity contribution is 6.42. The molecule has 1 saturated heterocycles. The van der Waals surface area contributed by atoms with E-state index in [2.05, 4.69) is 35.3 Å². The molecule has 0 spiro atoms. The molecule has 2 aliphatic heterocycles. The number of ketones is 1. The number of halogens is 2. The first-order valence-corrected chi connectivity index (χ1v) is 10.8. The van der Waals surface area contributed by atoms with Crippen molar-refractivity contribution in [2.75, 3.05) is 19.6 Å². The fourth-order valence-corrected chi connectivity index (χ4v) is 5.16. The van der Waals surface area contributed by atoms with Crippen molar-refractivity contribution in [1.82, 2.24) is 10.2 Å². The molecule has 1 fully saturated rings. The van der Waals surface area contributed by atoms with Crippen molar-refractivity contribution < 1.29 is 4.79 Å². The molecule has 2 aromatic rings. The van der Waals surface area contributed by atoms with E-state index in [1.165, 1.54) is 18.4 Å². The summed E-state index contributed by atoms with van der Waals surface area (Å²) in [7, 11) is 0. The Morgan fingerprint density at radius 1 is 1.14 bits per heavy atom. The van der Waals surface area contributed by atoms with Crippen LogP contribution in [0, 0.1) is 0 Å². The third-order valence-corrected chi connectivity index (χ3v) is 7.08. The van der Waals surface area contributed by atoms with Gasteiger partial charge in [0.25, 0.3) is 0 Å². The van der Waals surface area contributed by atoms with E-state index in [0.29, 0.717) is 16.5 Å². The summed E-state index contributed by atoms with van der Waals surface area (Å²) in [6.07, 6.45) is 3.67. The van der Waals surface area contributed by atoms with E-state index in [1.54, 1.807) is 6.07 Å². The van der Waals surface area contributed by atoms with Crippen LogP contribution < -0.4 is 5.32 Å². The van der Waals surface area contributed by atoms with Gasteiger partial charge < -0.3 is 0 Å². The summed E-state index contributed by atoms with van der Waals surface area (Å²) in [6.45, 7) is 5.11. The summed E-state index contributed by atoms with van der Waals surface area (Å²) in [4.78, 5) is 16.3. The Balaban J connectivity index is 1.75. The van der Waals surface area contributed by atoms with Gasteiger partial charge >= 0.3 is 0 Å². The van der Waals surface area contributed by atoms with E-state index in [1.807, 2.05) is 18.2 Å². The molecule has 2 heterocycles. The van der Waals surface area contributed by atoms with Crippen LogP contribution in [-0.2, 0) is 23.2 Å². The average Bonchev–Trinajstić information content (AvgIpc) is 3.24. The molecule has 1 N–H and O–H groups in total. The van der Waals surface area contributed by atoms with Gasteiger partial charge in [0, 0.05) is 19.0 Å². The van der Waals surface area contributed by atoms with Gasteiger partial charge in [0.05, 0.1) is 10.0 Å². The molecule has 0 radical (unpaired) electrons. The highest BCUT2D eigenvalue weighted by Gasteiger charge is 2.49. The van der Waals surface area contributed by atoms with Crippen LogP contribution in [0.15, 0.2) is 42.5 Å². The molecular formula is C23H26Cl2N2O. The molecule has 28 heavy (non-hydrogen) atoms. The van der Waals surface area contributed by atoms with Gasteiger partial charge in [-0.25, -0.2) is 0 Å². The lowest BCUT2D eigenvalue weighted by molar-refractivity contribution is -0.128. The Labute approximate surface area is 177 Å². The summed E-state index contributed by atoms with van der Waals surface area (Å²) in [5, 5.41) is 4.67. The van der Waals surface area contributed by atoms with Gasteiger partial charge in [0.15, 0.2) is 5.78 Å². The monoisotopic (exact) mass is 416 g/mol. The number of benzene rings is 2. The Hall–Kier alpha value is -1.39. The number of nitrogens with one attached hydrogen (secondary N) is 1. The van der Waals surface area contributed by atoms with E-state index in [-0.39, 0.29) is 11.8 Å². The zero-order chi connectivity index (χ0) is 19.7. The van der Waals surface area contributed by atoms with Gasteiger partial charge in [-0.2, -0.15) is 0 Å². The molecule has 5 heteroatoms. The van der Waals surface area contributed by atoms with Crippen LogP contribution in [0.4, 0.5) is 0 Å². The van der Waals surface area contributed by atoms with Crippen LogP contribution in [0.3, 0.4) is 0 Å². The molecule has 0 bridgehead atoms. The highest BCUT2D eigenvalue weighted by Crippen LogP contribution is 2.37. The molecule has 2 atom stereocenters. The normalized spacial score (nSPS) is 23.4. The molecular weight excluding hydrogens is 391 g/mol.